The minimum absolute atomic E-state index is 0.752. The molecule has 2 nitrogen and oxygen atoms in total. The SMILES string of the molecule is N#Cc1ccc(NCCCC2CCCC2)c2ccccc12. The number of fused-ring (bicyclic) bond motifs is 1. The first kappa shape index (κ1) is 13.9. The fraction of sp³-hybridized carbons (Fsp3) is 0.421. The van der Waals surface area contributed by atoms with Crippen molar-refractivity contribution in [3.05, 3.63) is 42.0 Å². The summed E-state index contributed by atoms with van der Waals surface area (Å²) in [5.41, 5.74) is 1.90. The maximum Gasteiger partial charge on any atom is 0.0998 e. The highest BCUT2D eigenvalue weighted by molar-refractivity contribution is 5.97. The van der Waals surface area contributed by atoms with Crippen LogP contribution in [0, 0.1) is 17.2 Å². The van der Waals surface area contributed by atoms with Gasteiger partial charge in [0.15, 0.2) is 0 Å². The maximum atomic E-state index is 9.19. The van der Waals surface area contributed by atoms with Crippen molar-refractivity contribution in [3.63, 3.8) is 0 Å². The van der Waals surface area contributed by atoms with E-state index in [4.69, 9.17) is 0 Å². The van der Waals surface area contributed by atoms with Crippen molar-refractivity contribution in [2.24, 2.45) is 5.92 Å². The lowest BCUT2D eigenvalue weighted by Crippen LogP contribution is -2.04. The normalized spacial score (nSPS) is 15.2. The highest BCUT2D eigenvalue weighted by Gasteiger charge is 2.14. The lowest BCUT2D eigenvalue weighted by Gasteiger charge is -2.12. The van der Waals surface area contributed by atoms with E-state index in [1.807, 2.05) is 30.3 Å². The van der Waals surface area contributed by atoms with E-state index in [9.17, 15) is 5.26 Å². The van der Waals surface area contributed by atoms with Crippen LogP contribution in [0.2, 0.25) is 0 Å². The number of benzene rings is 2. The van der Waals surface area contributed by atoms with Crippen LogP contribution in [0.25, 0.3) is 10.8 Å². The van der Waals surface area contributed by atoms with E-state index in [0.717, 1.165) is 34.5 Å². The Kier molecular flexibility index (Phi) is 4.40. The van der Waals surface area contributed by atoms with Crippen LogP contribution in [0.3, 0.4) is 0 Å². The summed E-state index contributed by atoms with van der Waals surface area (Å²) in [5, 5.41) is 14.9. The summed E-state index contributed by atoms with van der Waals surface area (Å²) >= 11 is 0. The van der Waals surface area contributed by atoms with E-state index < -0.39 is 0 Å². The fourth-order valence-corrected chi connectivity index (χ4v) is 3.46. The van der Waals surface area contributed by atoms with Crippen LogP contribution >= 0.6 is 0 Å². The molecule has 0 bridgehead atoms. The van der Waals surface area contributed by atoms with Gasteiger partial charge in [-0.15, -0.1) is 0 Å². The maximum absolute atomic E-state index is 9.19. The van der Waals surface area contributed by atoms with Gasteiger partial charge in [-0.2, -0.15) is 5.26 Å². The third kappa shape index (κ3) is 3.19. The molecule has 0 amide bonds. The minimum atomic E-state index is 0.752. The van der Waals surface area contributed by atoms with Crippen LogP contribution in [0.15, 0.2) is 36.4 Å². The number of nitriles is 1. The molecule has 1 aliphatic rings. The van der Waals surface area contributed by atoms with Gasteiger partial charge in [-0.1, -0.05) is 49.9 Å². The molecule has 1 fully saturated rings. The molecule has 0 saturated heterocycles. The van der Waals surface area contributed by atoms with Gasteiger partial charge in [0, 0.05) is 23.0 Å². The molecule has 0 atom stereocenters. The summed E-state index contributed by atoms with van der Waals surface area (Å²) in [5.74, 6) is 0.963. The van der Waals surface area contributed by atoms with Crippen molar-refractivity contribution < 1.29 is 0 Å². The summed E-state index contributed by atoms with van der Waals surface area (Å²) in [4.78, 5) is 0. The molecule has 0 aromatic heterocycles. The second-order valence-corrected chi connectivity index (χ2v) is 6.04. The molecule has 0 spiro atoms. The molecule has 21 heavy (non-hydrogen) atoms. The van der Waals surface area contributed by atoms with Crippen molar-refractivity contribution in [1.29, 1.82) is 5.26 Å². The Morgan fingerprint density at radius 1 is 1.05 bits per heavy atom. The molecule has 1 saturated carbocycles. The molecule has 2 aromatic rings. The van der Waals surface area contributed by atoms with E-state index in [1.165, 1.54) is 38.5 Å². The van der Waals surface area contributed by atoms with Crippen LogP contribution in [0.1, 0.15) is 44.1 Å². The van der Waals surface area contributed by atoms with Crippen LogP contribution in [0.5, 0.6) is 0 Å². The molecule has 1 N–H and O–H groups in total. The van der Waals surface area contributed by atoms with Crippen LogP contribution in [-0.4, -0.2) is 6.54 Å². The summed E-state index contributed by atoms with van der Waals surface area (Å²) in [6, 6.07) is 14.4. The quantitative estimate of drug-likeness (QED) is 0.773. The van der Waals surface area contributed by atoms with E-state index in [-0.39, 0.29) is 0 Å². The van der Waals surface area contributed by atoms with Crippen molar-refractivity contribution in [2.75, 3.05) is 11.9 Å². The third-order valence-electron chi connectivity index (χ3n) is 4.62. The Balaban J connectivity index is 1.65. The second kappa shape index (κ2) is 6.63. The predicted molar refractivity (Wildman–Crippen MR) is 88.3 cm³/mol. The topological polar surface area (TPSA) is 35.8 Å². The lowest BCUT2D eigenvalue weighted by molar-refractivity contribution is 0.491. The summed E-state index contributed by atoms with van der Waals surface area (Å²) < 4.78 is 0. The summed E-state index contributed by atoms with van der Waals surface area (Å²) in [7, 11) is 0. The largest absolute Gasteiger partial charge is 0.385 e. The van der Waals surface area contributed by atoms with Gasteiger partial charge in [-0.3, -0.25) is 0 Å². The molecule has 0 aliphatic heterocycles. The molecule has 3 rings (SSSR count). The summed E-state index contributed by atoms with van der Waals surface area (Å²) in [6.07, 6.45) is 8.30. The molecule has 108 valence electrons. The Bertz CT molecular complexity index is 648. The number of anilines is 1. The Labute approximate surface area is 126 Å². The molecule has 1 aliphatic carbocycles. The molecule has 2 heteroatoms. The van der Waals surface area contributed by atoms with E-state index in [1.54, 1.807) is 0 Å². The first-order valence-corrected chi connectivity index (χ1v) is 8.04. The fourth-order valence-electron chi connectivity index (χ4n) is 3.46. The first-order valence-electron chi connectivity index (χ1n) is 8.04. The Morgan fingerprint density at radius 3 is 2.57 bits per heavy atom. The Morgan fingerprint density at radius 2 is 1.81 bits per heavy atom. The average Bonchev–Trinajstić information content (AvgIpc) is 3.05. The predicted octanol–water partition coefficient (Wildman–Crippen LogP) is 5.09. The minimum Gasteiger partial charge on any atom is -0.385 e. The number of rotatable bonds is 5. The third-order valence-corrected chi connectivity index (χ3v) is 4.62. The zero-order valence-corrected chi connectivity index (χ0v) is 12.4. The highest BCUT2D eigenvalue weighted by Crippen LogP contribution is 2.29. The number of hydrogen-bond acceptors (Lipinski definition) is 2. The number of nitrogens with one attached hydrogen (secondary N) is 1. The highest BCUT2D eigenvalue weighted by atomic mass is 14.9. The van der Waals surface area contributed by atoms with E-state index >= 15 is 0 Å². The van der Waals surface area contributed by atoms with Crippen LogP contribution < -0.4 is 5.32 Å². The average molecular weight is 278 g/mol. The van der Waals surface area contributed by atoms with Crippen molar-refractivity contribution in [2.45, 2.75) is 38.5 Å². The Hall–Kier alpha value is -2.01. The van der Waals surface area contributed by atoms with Gasteiger partial charge in [0.25, 0.3) is 0 Å². The number of hydrogen-bond donors (Lipinski definition) is 1. The van der Waals surface area contributed by atoms with Gasteiger partial charge in [-0.05, 0) is 30.9 Å². The second-order valence-electron chi connectivity index (χ2n) is 6.04. The molecular weight excluding hydrogens is 256 g/mol. The van der Waals surface area contributed by atoms with Crippen molar-refractivity contribution >= 4 is 16.5 Å². The molecule has 2 aromatic carbocycles. The van der Waals surface area contributed by atoms with Gasteiger partial charge in [-0.25, -0.2) is 0 Å². The summed E-state index contributed by atoms with van der Waals surface area (Å²) in [6.45, 7) is 1.02. The molecule has 0 radical (unpaired) electrons. The monoisotopic (exact) mass is 278 g/mol. The number of nitrogens with zero attached hydrogens (tertiary/aromatic N) is 1. The molecular formula is C19H22N2. The standard InChI is InChI=1S/C19H22N2/c20-14-16-11-12-19(18-10-4-3-9-17(16)18)21-13-5-8-15-6-1-2-7-15/h3-4,9-12,15,21H,1-2,5-8,13H2. The lowest BCUT2D eigenvalue weighted by atomic mass is 10.0. The van der Waals surface area contributed by atoms with Gasteiger partial charge in [0.2, 0.25) is 0 Å². The molecule has 0 unspecified atom stereocenters. The smallest absolute Gasteiger partial charge is 0.0998 e. The van der Waals surface area contributed by atoms with Crippen molar-refractivity contribution in [3.8, 4) is 6.07 Å². The van der Waals surface area contributed by atoms with Gasteiger partial charge in [0.1, 0.15) is 0 Å². The zero-order valence-electron chi connectivity index (χ0n) is 12.4. The van der Waals surface area contributed by atoms with Gasteiger partial charge in [0.05, 0.1) is 11.6 Å². The first-order chi connectivity index (χ1) is 10.4. The van der Waals surface area contributed by atoms with E-state index in [0.29, 0.717) is 0 Å². The van der Waals surface area contributed by atoms with Gasteiger partial charge < -0.3 is 5.32 Å². The van der Waals surface area contributed by atoms with Crippen LogP contribution in [0.4, 0.5) is 5.69 Å². The molecule has 0 heterocycles. The zero-order chi connectivity index (χ0) is 14.5. The van der Waals surface area contributed by atoms with Crippen molar-refractivity contribution in [1.82, 2.24) is 0 Å². The van der Waals surface area contributed by atoms with E-state index in [2.05, 4.69) is 17.5 Å². The van der Waals surface area contributed by atoms with Crippen LogP contribution in [-0.2, 0) is 0 Å². The van der Waals surface area contributed by atoms with Gasteiger partial charge >= 0.3 is 0 Å².